The molecule has 0 spiro atoms. The third-order valence-corrected chi connectivity index (χ3v) is 7.93. The molecule has 2 saturated heterocycles. The van der Waals surface area contributed by atoms with Crippen LogP contribution in [-0.2, 0) is 4.79 Å². The van der Waals surface area contributed by atoms with Crippen LogP contribution in [0.4, 0.5) is 20.3 Å². The monoisotopic (exact) mass is 575 g/mol. The molecule has 1 atom stereocenters. The summed E-state index contributed by atoms with van der Waals surface area (Å²) in [6, 6.07) is 8.12. The number of piperazine rings is 1. The lowest BCUT2D eigenvalue weighted by molar-refractivity contribution is -0.134. The number of rotatable bonds is 6. The first kappa shape index (κ1) is 27.6. The predicted octanol–water partition coefficient (Wildman–Crippen LogP) is 3.77. The second-order valence-electron chi connectivity index (χ2n) is 10.5. The van der Waals surface area contributed by atoms with E-state index in [0.717, 1.165) is 24.9 Å². The molecule has 2 aliphatic rings. The number of methoxy groups -OCH3 is 1. The van der Waals surface area contributed by atoms with E-state index < -0.39 is 11.6 Å². The molecule has 218 valence electrons. The van der Waals surface area contributed by atoms with Crippen LogP contribution in [0.15, 0.2) is 48.9 Å². The Labute approximate surface area is 241 Å². The zero-order valence-corrected chi connectivity index (χ0v) is 23.4. The number of aromatic nitrogens is 3. The van der Waals surface area contributed by atoms with Gasteiger partial charge in [-0.15, -0.1) is 0 Å². The number of hydrogen-bond donors (Lipinski definition) is 2. The first-order chi connectivity index (χ1) is 20.4. The Morgan fingerprint density at radius 1 is 1.05 bits per heavy atom. The predicted molar refractivity (Wildman–Crippen MR) is 153 cm³/mol. The lowest BCUT2D eigenvalue weighted by atomic mass is 10.1. The number of hydrogen-bond acceptors (Lipinski definition) is 7. The van der Waals surface area contributed by atoms with E-state index in [1.54, 1.807) is 27.6 Å². The SMILES string of the molecule is COc1ccc(-c2cnc3c(Nc4ccc(C(=O)N5CCN(C(=O)[C@H]6CCCN6)CC5)c(C)c4)nccn23)c(F)c1F. The van der Waals surface area contributed by atoms with Gasteiger partial charge in [-0.3, -0.25) is 14.0 Å². The summed E-state index contributed by atoms with van der Waals surface area (Å²) in [4.78, 5) is 38.5. The Morgan fingerprint density at radius 3 is 2.55 bits per heavy atom. The number of imidazole rings is 1. The van der Waals surface area contributed by atoms with Crippen molar-refractivity contribution in [1.29, 1.82) is 0 Å². The van der Waals surface area contributed by atoms with E-state index in [4.69, 9.17) is 4.74 Å². The molecule has 4 heterocycles. The zero-order valence-electron chi connectivity index (χ0n) is 23.4. The highest BCUT2D eigenvalue weighted by atomic mass is 19.2. The number of nitrogens with zero attached hydrogens (tertiary/aromatic N) is 5. The average molecular weight is 576 g/mol. The second-order valence-corrected chi connectivity index (χ2v) is 10.5. The molecule has 0 bridgehead atoms. The maximum Gasteiger partial charge on any atom is 0.254 e. The van der Waals surface area contributed by atoms with Gasteiger partial charge in [-0.1, -0.05) is 0 Å². The van der Waals surface area contributed by atoms with Crippen LogP contribution >= 0.6 is 0 Å². The third kappa shape index (κ3) is 5.02. The van der Waals surface area contributed by atoms with E-state index in [2.05, 4.69) is 20.6 Å². The average Bonchev–Trinajstić information content (AvgIpc) is 3.70. The molecule has 0 unspecified atom stereocenters. The molecule has 2 N–H and O–H groups in total. The van der Waals surface area contributed by atoms with Crippen LogP contribution in [0.2, 0.25) is 0 Å². The Balaban J connectivity index is 1.16. The Morgan fingerprint density at radius 2 is 1.83 bits per heavy atom. The van der Waals surface area contributed by atoms with Gasteiger partial charge in [0.1, 0.15) is 0 Å². The van der Waals surface area contributed by atoms with Crippen LogP contribution in [0.25, 0.3) is 16.9 Å². The normalized spacial score (nSPS) is 17.1. The van der Waals surface area contributed by atoms with Crippen molar-refractivity contribution in [3.63, 3.8) is 0 Å². The summed E-state index contributed by atoms with van der Waals surface area (Å²) in [5.74, 6) is -1.82. The van der Waals surface area contributed by atoms with Crippen molar-refractivity contribution < 1.29 is 23.1 Å². The number of ether oxygens (including phenoxy) is 1. The standard InChI is InChI=1S/C30H31F2N7O3/c1-18-16-19(5-6-20(18)29(40)37-12-14-38(15-13-37)30(41)22-4-3-9-33-22)36-27-28-35-17-23(39(28)11-10-34-27)21-7-8-24(42-2)26(32)25(21)31/h5-8,10-11,16-17,22,33H,3-4,9,12-15H2,1-2H3,(H,34,36)/t22-/m1/s1. The quantitative estimate of drug-likeness (QED) is 0.361. The van der Waals surface area contributed by atoms with Crippen molar-refractivity contribution in [2.45, 2.75) is 25.8 Å². The zero-order chi connectivity index (χ0) is 29.4. The number of amides is 2. The number of halogens is 2. The van der Waals surface area contributed by atoms with Crippen molar-refractivity contribution in [3.8, 4) is 17.0 Å². The minimum Gasteiger partial charge on any atom is -0.494 e. The summed E-state index contributed by atoms with van der Waals surface area (Å²) in [5.41, 5.74) is 2.87. The number of carbonyl (C=O) groups is 2. The van der Waals surface area contributed by atoms with Gasteiger partial charge >= 0.3 is 0 Å². The number of anilines is 2. The molecule has 6 rings (SSSR count). The lowest BCUT2D eigenvalue weighted by Gasteiger charge is -2.36. The molecule has 2 aromatic carbocycles. The molecule has 0 saturated carbocycles. The van der Waals surface area contributed by atoms with Gasteiger partial charge in [0.05, 0.1) is 25.0 Å². The van der Waals surface area contributed by atoms with Crippen molar-refractivity contribution >= 4 is 29.0 Å². The van der Waals surface area contributed by atoms with Crippen molar-refractivity contribution in [1.82, 2.24) is 29.5 Å². The Kier molecular flexibility index (Phi) is 7.46. The fraction of sp³-hybridized carbons (Fsp3) is 0.333. The topological polar surface area (TPSA) is 104 Å². The smallest absolute Gasteiger partial charge is 0.254 e. The van der Waals surface area contributed by atoms with E-state index >= 15 is 0 Å². The van der Waals surface area contributed by atoms with E-state index in [0.29, 0.717) is 54.6 Å². The number of fused-ring (bicyclic) bond motifs is 1. The van der Waals surface area contributed by atoms with Crippen LogP contribution in [0.1, 0.15) is 28.8 Å². The van der Waals surface area contributed by atoms with Gasteiger partial charge in [-0.25, -0.2) is 14.4 Å². The highest BCUT2D eigenvalue weighted by molar-refractivity contribution is 5.96. The molecule has 42 heavy (non-hydrogen) atoms. The van der Waals surface area contributed by atoms with Gasteiger partial charge in [-0.05, 0) is 62.2 Å². The third-order valence-electron chi connectivity index (χ3n) is 7.93. The molecule has 0 aliphatic carbocycles. The minimum atomic E-state index is -1.07. The second kappa shape index (κ2) is 11.4. The first-order valence-electron chi connectivity index (χ1n) is 13.9. The van der Waals surface area contributed by atoms with Crippen LogP contribution in [0, 0.1) is 18.6 Å². The molecule has 2 fully saturated rings. The van der Waals surface area contributed by atoms with Gasteiger partial charge in [0.15, 0.2) is 23.0 Å². The Bertz CT molecular complexity index is 1660. The summed E-state index contributed by atoms with van der Waals surface area (Å²) in [6.45, 7) is 4.77. The van der Waals surface area contributed by atoms with E-state index in [1.165, 1.54) is 31.6 Å². The molecule has 2 amide bonds. The van der Waals surface area contributed by atoms with Crippen molar-refractivity contribution in [2.24, 2.45) is 0 Å². The molecule has 12 heteroatoms. The molecule has 0 radical (unpaired) electrons. The van der Waals surface area contributed by atoms with Crippen LogP contribution < -0.4 is 15.4 Å². The maximum atomic E-state index is 14.8. The van der Waals surface area contributed by atoms with E-state index in [-0.39, 0.29) is 29.2 Å². The van der Waals surface area contributed by atoms with Gasteiger partial charge in [0, 0.05) is 55.4 Å². The van der Waals surface area contributed by atoms with Gasteiger partial charge < -0.3 is 25.2 Å². The lowest BCUT2D eigenvalue weighted by Crippen LogP contribution is -2.54. The van der Waals surface area contributed by atoms with E-state index in [9.17, 15) is 18.4 Å². The molecular weight excluding hydrogens is 544 g/mol. The highest BCUT2D eigenvalue weighted by Crippen LogP contribution is 2.31. The summed E-state index contributed by atoms with van der Waals surface area (Å²) in [5, 5.41) is 6.48. The number of benzene rings is 2. The van der Waals surface area contributed by atoms with Gasteiger partial charge in [-0.2, -0.15) is 4.39 Å². The highest BCUT2D eigenvalue weighted by Gasteiger charge is 2.31. The minimum absolute atomic E-state index is 0.0389. The number of nitrogens with one attached hydrogen (secondary N) is 2. The first-order valence-corrected chi connectivity index (χ1v) is 13.9. The fourth-order valence-corrected chi connectivity index (χ4v) is 5.63. The van der Waals surface area contributed by atoms with Crippen LogP contribution in [0.3, 0.4) is 0 Å². The molecular formula is C30H31F2N7O3. The maximum absolute atomic E-state index is 14.8. The fourth-order valence-electron chi connectivity index (χ4n) is 5.63. The van der Waals surface area contributed by atoms with Crippen molar-refractivity contribution in [2.75, 3.05) is 45.2 Å². The van der Waals surface area contributed by atoms with Crippen LogP contribution in [0.5, 0.6) is 5.75 Å². The largest absolute Gasteiger partial charge is 0.494 e. The molecule has 10 nitrogen and oxygen atoms in total. The van der Waals surface area contributed by atoms with Gasteiger partial charge in [0.2, 0.25) is 11.7 Å². The van der Waals surface area contributed by atoms with Crippen molar-refractivity contribution in [3.05, 3.63) is 71.7 Å². The summed E-state index contributed by atoms with van der Waals surface area (Å²) in [7, 11) is 1.28. The number of aryl methyl sites for hydroxylation is 1. The van der Waals surface area contributed by atoms with Crippen LogP contribution in [-0.4, -0.2) is 81.9 Å². The summed E-state index contributed by atoms with van der Waals surface area (Å²) < 4.78 is 35.7. The molecule has 4 aromatic rings. The Hall–Kier alpha value is -4.58. The summed E-state index contributed by atoms with van der Waals surface area (Å²) >= 11 is 0. The van der Waals surface area contributed by atoms with E-state index in [1.807, 2.05) is 17.9 Å². The molecule has 2 aromatic heterocycles. The molecule has 2 aliphatic heterocycles. The number of carbonyl (C=O) groups excluding carboxylic acids is 2. The van der Waals surface area contributed by atoms with Gasteiger partial charge in [0.25, 0.3) is 5.91 Å². The summed E-state index contributed by atoms with van der Waals surface area (Å²) in [6.07, 6.45) is 6.49.